The predicted octanol–water partition coefficient (Wildman–Crippen LogP) is 3.72. The molecule has 0 N–H and O–H groups in total. The highest BCUT2D eigenvalue weighted by atomic mass is 19.1. The standard InChI is InChI=1S/C21H25FN2O3/c1-26-11-2-12-27-18-3-4-20(22)19(14-18)17-5-8-23-21(13-17)24-9-6-16(15-25)7-10-24/h3-5,8,13-16H,2,6-7,9-12H2,1H3. The van der Waals surface area contributed by atoms with E-state index in [1.54, 1.807) is 31.5 Å². The molecule has 0 spiro atoms. The fraction of sp³-hybridized carbons (Fsp3) is 0.429. The average molecular weight is 372 g/mol. The third-order valence-corrected chi connectivity index (χ3v) is 4.81. The number of carbonyl (C=O) groups excluding carboxylic acids is 1. The van der Waals surface area contributed by atoms with Crippen LogP contribution in [0.5, 0.6) is 5.75 Å². The molecule has 0 amide bonds. The van der Waals surface area contributed by atoms with E-state index in [9.17, 15) is 9.18 Å². The predicted molar refractivity (Wildman–Crippen MR) is 103 cm³/mol. The summed E-state index contributed by atoms with van der Waals surface area (Å²) < 4.78 is 25.1. The largest absolute Gasteiger partial charge is 0.493 e. The lowest BCUT2D eigenvalue weighted by atomic mass is 9.98. The molecule has 2 aromatic rings. The quantitative estimate of drug-likeness (QED) is 0.522. The molecule has 0 radical (unpaired) electrons. The molecule has 0 aliphatic carbocycles. The first-order valence-corrected chi connectivity index (χ1v) is 9.29. The van der Waals surface area contributed by atoms with Crippen molar-refractivity contribution < 1.29 is 18.7 Å². The van der Waals surface area contributed by atoms with Gasteiger partial charge < -0.3 is 19.2 Å². The van der Waals surface area contributed by atoms with E-state index in [-0.39, 0.29) is 11.7 Å². The summed E-state index contributed by atoms with van der Waals surface area (Å²) in [6.45, 7) is 2.71. The second-order valence-corrected chi connectivity index (χ2v) is 6.70. The third kappa shape index (κ3) is 5.04. The van der Waals surface area contributed by atoms with Crippen LogP contribution in [0, 0.1) is 11.7 Å². The number of methoxy groups -OCH3 is 1. The van der Waals surface area contributed by atoms with Crippen molar-refractivity contribution in [3.63, 3.8) is 0 Å². The summed E-state index contributed by atoms with van der Waals surface area (Å²) in [6, 6.07) is 8.48. The Hall–Kier alpha value is -2.47. The van der Waals surface area contributed by atoms with E-state index in [1.807, 2.05) is 6.07 Å². The maximum atomic E-state index is 14.4. The van der Waals surface area contributed by atoms with Crippen molar-refractivity contribution in [1.82, 2.24) is 4.98 Å². The van der Waals surface area contributed by atoms with Gasteiger partial charge in [-0.1, -0.05) is 0 Å². The first kappa shape index (κ1) is 19.3. The van der Waals surface area contributed by atoms with Gasteiger partial charge in [0.15, 0.2) is 0 Å². The van der Waals surface area contributed by atoms with E-state index in [4.69, 9.17) is 9.47 Å². The number of piperidine rings is 1. The zero-order chi connectivity index (χ0) is 19.1. The first-order chi connectivity index (χ1) is 13.2. The molecule has 1 aromatic carbocycles. The average Bonchev–Trinajstić information content (AvgIpc) is 2.72. The number of aromatic nitrogens is 1. The normalized spacial score (nSPS) is 15.0. The van der Waals surface area contributed by atoms with Gasteiger partial charge in [-0.3, -0.25) is 0 Å². The van der Waals surface area contributed by atoms with Gasteiger partial charge in [-0.15, -0.1) is 0 Å². The Bertz CT molecular complexity index is 761. The molecular formula is C21H25FN2O3. The molecule has 6 heteroatoms. The number of benzene rings is 1. The molecule has 0 saturated carbocycles. The van der Waals surface area contributed by atoms with Gasteiger partial charge in [-0.2, -0.15) is 0 Å². The lowest BCUT2D eigenvalue weighted by Crippen LogP contribution is -2.34. The summed E-state index contributed by atoms with van der Waals surface area (Å²) >= 11 is 0. The van der Waals surface area contributed by atoms with Crippen LogP contribution < -0.4 is 9.64 Å². The number of hydrogen-bond acceptors (Lipinski definition) is 5. The van der Waals surface area contributed by atoms with E-state index in [0.29, 0.717) is 24.5 Å². The van der Waals surface area contributed by atoms with Crippen molar-refractivity contribution in [3.05, 3.63) is 42.3 Å². The van der Waals surface area contributed by atoms with Crippen LogP contribution in [0.15, 0.2) is 36.5 Å². The van der Waals surface area contributed by atoms with Crippen molar-refractivity contribution in [2.24, 2.45) is 5.92 Å². The Morgan fingerprint density at radius 1 is 1.22 bits per heavy atom. The van der Waals surface area contributed by atoms with Gasteiger partial charge in [0.05, 0.1) is 6.61 Å². The van der Waals surface area contributed by atoms with Crippen LogP contribution in [-0.2, 0) is 9.53 Å². The van der Waals surface area contributed by atoms with E-state index in [2.05, 4.69) is 9.88 Å². The van der Waals surface area contributed by atoms with E-state index < -0.39 is 0 Å². The number of carbonyl (C=O) groups is 1. The second kappa shape index (κ2) is 9.46. The highest BCUT2D eigenvalue weighted by Gasteiger charge is 2.20. The minimum absolute atomic E-state index is 0.133. The lowest BCUT2D eigenvalue weighted by Gasteiger charge is -2.30. The molecule has 3 rings (SSSR count). The van der Waals surface area contributed by atoms with Gasteiger partial charge >= 0.3 is 0 Å². The number of rotatable bonds is 8. The van der Waals surface area contributed by atoms with Crippen molar-refractivity contribution in [3.8, 4) is 16.9 Å². The van der Waals surface area contributed by atoms with Crippen molar-refractivity contribution in [1.29, 1.82) is 0 Å². The van der Waals surface area contributed by atoms with E-state index in [0.717, 1.165) is 50.0 Å². The van der Waals surface area contributed by atoms with Gasteiger partial charge in [-0.05, 0) is 48.7 Å². The van der Waals surface area contributed by atoms with Crippen LogP contribution in [0.25, 0.3) is 11.1 Å². The molecule has 1 saturated heterocycles. The van der Waals surface area contributed by atoms with Crippen LogP contribution in [0.2, 0.25) is 0 Å². The van der Waals surface area contributed by atoms with Crippen LogP contribution in [0.3, 0.4) is 0 Å². The smallest absolute Gasteiger partial charge is 0.131 e. The van der Waals surface area contributed by atoms with Crippen molar-refractivity contribution in [2.45, 2.75) is 19.3 Å². The van der Waals surface area contributed by atoms with Crippen molar-refractivity contribution in [2.75, 3.05) is 38.3 Å². The number of nitrogens with zero attached hydrogens (tertiary/aromatic N) is 2. The molecule has 0 atom stereocenters. The number of aldehydes is 1. The number of halogens is 1. The van der Waals surface area contributed by atoms with Gasteiger partial charge in [0.25, 0.3) is 0 Å². The Morgan fingerprint density at radius 2 is 2.04 bits per heavy atom. The SMILES string of the molecule is COCCCOc1ccc(F)c(-c2ccnc(N3CCC(C=O)CC3)c2)c1. The summed E-state index contributed by atoms with van der Waals surface area (Å²) in [4.78, 5) is 17.5. The van der Waals surface area contributed by atoms with Gasteiger partial charge in [0.2, 0.25) is 0 Å². The third-order valence-electron chi connectivity index (χ3n) is 4.81. The number of anilines is 1. The van der Waals surface area contributed by atoms with Gasteiger partial charge in [0.1, 0.15) is 23.7 Å². The maximum Gasteiger partial charge on any atom is 0.131 e. The van der Waals surface area contributed by atoms with E-state index in [1.165, 1.54) is 6.07 Å². The zero-order valence-electron chi connectivity index (χ0n) is 15.6. The highest BCUT2D eigenvalue weighted by Crippen LogP contribution is 2.30. The molecule has 144 valence electrons. The summed E-state index contributed by atoms with van der Waals surface area (Å²) in [6.07, 6.45) is 5.17. The summed E-state index contributed by atoms with van der Waals surface area (Å²) in [7, 11) is 1.65. The van der Waals surface area contributed by atoms with Crippen molar-refractivity contribution >= 4 is 12.1 Å². The van der Waals surface area contributed by atoms with Crippen LogP contribution in [-0.4, -0.2) is 44.7 Å². The molecule has 27 heavy (non-hydrogen) atoms. The topological polar surface area (TPSA) is 51.7 Å². The number of hydrogen-bond donors (Lipinski definition) is 0. The molecule has 0 unspecified atom stereocenters. The van der Waals surface area contributed by atoms with E-state index >= 15 is 0 Å². The van der Waals surface area contributed by atoms with Crippen LogP contribution in [0.1, 0.15) is 19.3 Å². The molecular weight excluding hydrogens is 347 g/mol. The summed E-state index contributed by atoms with van der Waals surface area (Å²) in [5, 5.41) is 0. The zero-order valence-corrected chi connectivity index (χ0v) is 15.6. The first-order valence-electron chi connectivity index (χ1n) is 9.29. The monoisotopic (exact) mass is 372 g/mol. The van der Waals surface area contributed by atoms with Gasteiger partial charge in [0, 0.05) is 50.9 Å². The molecule has 1 aromatic heterocycles. The second-order valence-electron chi connectivity index (χ2n) is 6.70. The molecule has 1 aliphatic rings. The van der Waals surface area contributed by atoms with Crippen LogP contribution >= 0.6 is 0 Å². The maximum absolute atomic E-state index is 14.4. The minimum Gasteiger partial charge on any atom is -0.493 e. The summed E-state index contributed by atoms with van der Waals surface area (Å²) in [5.41, 5.74) is 1.25. The Balaban J connectivity index is 1.75. The molecule has 0 bridgehead atoms. The Labute approximate surface area is 159 Å². The summed E-state index contributed by atoms with van der Waals surface area (Å²) in [5.74, 6) is 1.28. The Morgan fingerprint density at radius 3 is 2.78 bits per heavy atom. The fourth-order valence-electron chi connectivity index (χ4n) is 3.23. The molecule has 1 aliphatic heterocycles. The molecule has 1 fully saturated rings. The lowest BCUT2D eigenvalue weighted by molar-refractivity contribution is -0.111. The number of pyridine rings is 1. The van der Waals surface area contributed by atoms with Gasteiger partial charge in [-0.25, -0.2) is 9.37 Å². The highest BCUT2D eigenvalue weighted by molar-refractivity contribution is 5.68. The minimum atomic E-state index is -0.295. The number of ether oxygens (including phenoxy) is 2. The van der Waals surface area contributed by atoms with Crippen LogP contribution in [0.4, 0.5) is 10.2 Å². The molecule has 5 nitrogen and oxygen atoms in total. The fourth-order valence-corrected chi connectivity index (χ4v) is 3.23. The Kier molecular flexibility index (Phi) is 6.76. The molecule has 2 heterocycles.